The summed E-state index contributed by atoms with van der Waals surface area (Å²) in [6, 6.07) is 5.90. The van der Waals surface area contributed by atoms with E-state index < -0.39 is 5.91 Å². The molecule has 31 heavy (non-hydrogen) atoms. The van der Waals surface area contributed by atoms with Crippen molar-refractivity contribution in [3.05, 3.63) is 35.7 Å². The molecule has 0 aliphatic carbocycles. The maximum absolute atomic E-state index is 11.7. The summed E-state index contributed by atoms with van der Waals surface area (Å²) < 4.78 is 2.26. The molecule has 0 unspecified atom stereocenters. The molecular weight excluding hydrogens is 394 g/mol. The molecule has 3 N–H and O–H groups in total. The quantitative estimate of drug-likeness (QED) is 0.197. The van der Waals surface area contributed by atoms with Crippen LogP contribution in [0.15, 0.2) is 24.3 Å². The highest BCUT2D eigenvalue weighted by Gasteiger charge is 2.12. The van der Waals surface area contributed by atoms with Crippen molar-refractivity contribution in [2.24, 2.45) is 0 Å². The molecule has 2 rings (SSSR count). The van der Waals surface area contributed by atoms with Crippen LogP contribution in [0.2, 0.25) is 0 Å². The maximum Gasteiger partial charge on any atom is 0.267 e. The number of aromatic nitrogens is 2. The van der Waals surface area contributed by atoms with Gasteiger partial charge in [0.15, 0.2) is 0 Å². The number of aryl methyl sites for hydroxylation is 1. The number of nitrogens with zero attached hydrogens (tertiary/aromatic N) is 3. The van der Waals surface area contributed by atoms with Crippen LogP contribution in [0.3, 0.4) is 0 Å². The van der Waals surface area contributed by atoms with Crippen molar-refractivity contribution >= 4 is 28.9 Å². The van der Waals surface area contributed by atoms with Gasteiger partial charge in [-0.05, 0) is 49.7 Å². The SMILES string of the molecule is CCCC(=O)NCCCc1nc2cc(C=CC(=O)NO)ccc2n1CCN(CC)CC. The number of nitrogens with one attached hydrogen (secondary N) is 2. The molecule has 0 aliphatic heterocycles. The van der Waals surface area contributed by atoms with E-state index in [4.69, 9.17) is 10.2 Å². The smallest absolute Gasteiger partial charge is 0.267 e. The second-order valence-electron chi connectivity index (χ2n) is 7.47. The normalized spacial score (nSPS) is 11.5. The van der Waals surface area contributed by atoms with Gasteiger partial charge in [0.2, 0.25) is 5.91 Å². The van der Waals surface area contributed by atoms with Crippen molar-refractivity contribution in [2.45, 2.75) is 53.0 Å². The standard InChI is InChI=1S/C23H35N5O3/c1-4-8-22(29)24-14-7-9-21-25-19-17-18(11-13-23(30)26-31)10-12-20(19)28(21)16-15-27(5-2)6-3/h10-13,17,31H,4-9,14-16H2,1-3H3,(H,24,29)(H,26,30). The Kier molecular flexibility index (Phi) is 10.2. The highest BCUT2D eigenvalue weighted by atomic mass is 16.5. The van der Waals surface area contributed by atoms with Gasteiger partial charge in [-0.2, -0.15) is 0 Å². The Morgan fingerprint density at radius 3 is 2.68 bits per heavy atom. The first-order valence-electron chi connectivity index (χ1n) is 11.1. The van der Waals surface area contributed by atoms with Gasteiger partial charge < -0.3 is 14.8 Å². The molecule has 170 valence electrons. The van der Waals surface area contributed by atoms with Gasteiger partial charge in [0.25, 0.3) is 5.91 Å². The molecule has 0 saturated carbocycles. The minimum atomic E-state index is -0.573. The van der Waals surface area contributed by atoms with E-state index in [-0.39, 0.29) is 5.91 Å². The van der Waals surface area contributed by atoms with Gasteiger partial charge in [0.1, 0.15) is 5.82 Å². The highest BCUT2D eigenvalue weighted by Crippen LogP contribution is 2.20. The molecule has 2 amide bonds. The summed E-state index contributed by atoms with van der Waals surface area (Å²) >= 11 is 0. The van der Waals surface area contributed by atoms with Gasteiger partial charge in [-0.25, -0.2) is 10.5 Å². The van der Waals surface area contributed by atoms with Gasteiger partial charge in [0.05, 0.1) is 11.0 Å². The molecule has 2 aromatic rings. The largest absolute Gasteiger partial charge is 0.356 e. The number of imidazole rings is 1. The summed E-state index contributed by atoms with van der Waals surface area (Å²) in [5.74, 6) is 0.526. The van der Waals surface area contributed by atoms with Crippen LogP contribution in [-0.2, 0) is 22.6 Å². The van der Waals surface area contributed by atoms with Crippen molar-refractivity contribution in [1.82, 2.24) is 25.2 Å². The summed E-state index contributed by atoms with van der Waals surface area (Å²) in [7, 11) is 0. The summed E-state index contributed by atoms with van der Waals surface area (Å²) in [6.45, 7) is 10.8. The van der Waals surface area contributed by atoms with E-state index in [1.54, 1.807) is 11.6 Å². The molecule has 1 heterocycles. The lowest BCUT2D eigenvalue weighted by Crippen LogP contribution is -2.27. The number of benzene rings is 1. The van der Waals surface area contributed by atoms with Crippen LogP contribution in [0, 0.1) is 0 Å². The number of likely N-dealkylation sites (N-methyl/N-ethyl adjacent to an activating group) is 1. The Bertz CT molecular complexity index is 887. The van der Waals surface area contributed by atoms with Crippen molar-refractivity contribution in [3.8, 4) is 0 Å². The lowest BCUT2D eigenvalue weighted by atomic mass is 10.2. The number of hydrogen-bond donors (Lipinski definition) is 3. The summed E-state index contributed by atoms with van der Waals surface area (Å²) in [5.41, 5.74) is 4.35. The predicted octanol–water partition coefficient (Wildman–Crippen LogP) is 2.75. The lowest BCUT2D eigenvalue weighted by Gasteiger charge is -2.19. The zero-order valence-corrected chi connectivity index (χ0v) is 18.9. The Morgan fingerprint density at radius 1 is 1.23 bits per heavy atom. The van der Waals surface area contributed by atoms with Crippen LogP contribution < -0.4 is 10.8 Å². The van der Waals surface area contributed by atoms with E-state index in [0.29, 0.717) is 13.0 Å². The lowest BCUT2D eigenvalue weighted by molar-refractivity contribution is -0.124. The molecule has 8 heteroatoms. The van der Waals surface area contributed by atoms with E-state index in [1.807, 2.05) is 25.1 Å². The number of amides is 2. The molecule has 1 aromatic heterocycles. The van der Waals surface area contributed by atoms with Crippen LogP contribution in [0.5, 0.6) is 0 Å². The molecule has 8 nitrogen and oxygen atoms in total. The molecule has 0 aliphatic rings. The van der Waals surface area contributed by atoms with Gasteiger partial charge in [0, 0.05) is 38.6 Å². The van der Waals surface area contributed by atoms with E-state index >= 15 is 0 Å². The molecule has 0 saturated heterocycles. The number of hydrogen-bond acceptors (Lipinski definition) is 5. The monoisotopic (exact) mass is 429 g/mol. The second kappa shape index (κ2) is 12.9. The number of rotatable bonds is 13. The minimum Gasteiger partial charge on any atom is -0.356 e. The molecule has 0 spiro atoms. The predicted molar refractivity (Wildman–Crippen MR) is 123 cm³/mol. The fourth-order valence-corrected chi connectivity index (χ4v) is 3.52. The zero-order chi connectivity index (χ0) is 22.6. The average molecular weight is 430 g/mol. The summed E-state index contributed by atoms with van der Waals surface area (Å²) in [5, 5.41) is 11.6. The van der Waals surface area contributed by atoms with Crippen molar-refractivity contribution < 1.29 is 14.8 Å². The third-order valence-corrected chi connectivity index (χ3v) is 5.30. The van der Waals surface area contributed by atoms with E-state index in [9.17, 15) is 9.59 Å². The fraction of sp³-hybridized carbons (Fsp3) is 0.522. The van der Waals surface area contributed by atoms with Crippen molar-refractivity contribution in [1.29, 1.82) is 0 Å². The Balaban J connectivity index is 2.20. The Morgan fingerprint density at radius 2 is 2.00 bits per heavy atom. The second-order valence-corrected chi connectivity index (χ2v) is 7.47. The molecule has 0 bridgehead atoms. The molecule has 1 aromatic carbocycles. The van der Waals surface area contributed by atoms with Crippen LogP contribution >= 0.6 is 0 Å². The first-order valence-corrected chi connectivity index (χ1v) is 11.1. The summed E-state index contributed by atoms with van der Waals surface area (Å²) in [6.07, 6.45) is 5.93. The number of hydroxylamine groups is 1. The first kappa shape index (κ1) is 24.6. The molecule has 0 atom stereocenters. The Labute approximate surface area is 184 Å². The van der Waals surface area contributed by atoms with Crippen LogP contribution in [-0.4, -0.2) is 57.7 Å². The fourth-order valence-electron chi connectivity index (χ4n) is 3.52. The molecular formula is C23H35N5O3. The maximum atomic E-state index is 11.7. The van der Waals surface area contributed by atoms with E-state index in [1.165, 1.54) is 6.08 Å². The number of carbonyl (C=O) groups is 2. The van der Waals surface area contributed by atoms with Crippen LogP contribution in [0.25, 0.3) is 17.1 Å². The van der Waals surface area contributed by atoms with E-state index in [2.05, 4.69) is 28.6 Å². The van der Waals surface area contributed by atoms with E-state index in [0.717, 1.165) is 67.9 Å². The zero-order valence-electron chi connectivity index (χ0n) is 18.9. The Hall–Kier alpha value is -2.71. The van der Waals surface area contributed by atoms with Gasteiger partial charge in [-0.15, -0.1) is 0 Å². The van der Waals surface area contributed by atoms with Crippen molar-refractivity contribution in [3.63, 3.8) is 0 Å². The van der Waals surface area contributed by atoms with Gasteiger partial charge in [-0.1, -0.05) is 26.8 Å². The third kappa shape index (κ3) is 7.48. The van der Waals surface area contributed by atoms with Crippen LogP contribution in [0.1, 0.15) is 51.4 Å². The minimum absolute atomic E-state index is 0.0980. The topological polar surface area (TPSA) is 99.5 Å². The number of carbonyl (C=O) groups excluding carboxylic acids is 2. The highest BCUT2D eigenvalue weighted by molar-refractivity contribution is 5.91. The van der Waals surface area contributed by atoms with Gasteiger partial charge >= 0.3 is 0 Å². The van der Waals surface area contributed by atoms with Gasteiger partial charge in [-0.3, -0.25) is 14.8 Å². The summed E-state index contributed by atoms with van der Waals surface area (Å²) in [4.78, 5) is 30.2. The first-order chi connectivity index (χ1) is 15.0. The van der Waals surface area contributed by atoms with Crippen molar-refractivity contribution in [2.75, 3.05) is 26.2 Å². The molecule has 0 fully saturated rings. The van der Waals surface area contributed by atoms with Crippen LogP contribution in [0.4, 0.5) is 0 Å². The average Bonchev–Trinajstić information content (AvgIpc) is 3.12. The third-order valence-electron chi connectivity index (χ3n) is 5.30. The molecule has 0 radical (unpaired) electrons. The number of fused-ring (bicyclic) bond motifs is 1.